The third kappa shape index (κ3) is 3.68. The van der Waals surface area contributed by atoms with Gasteiger partial charge in [0.25, 0.3) is 0 Å². The molecule has 4 nitrogen and oxygen atoms in total. The fourth-order valence-corrected chi connectivity index (χ4v) is 2.38. The molecule has 0 bridgehead atoms. The summed E-state index contributed by atoms with van der Waals surface area (Å²) in [5.41, 5.74) is 4.69. The van der Waals surface area contributed by atoms with Gasteiger partial charge in [0.15, 0.2) is 0 Å². The predicted octanol–water partition coefficient (Wildman–Crippen LogP) is 2.02. The molecule has 1 aliphatic carbocycles. The van der Waals surface area contributed by atoms with Gasteiger partial charge in [0.2, 0.25) is 0 Å². The maximum atomic E-state index is 11.0. The normalized spacial score (nSPS) is 30.2. The second kappa shape index (κ2) is 5.36. The van der Waals surface area contributed by atoms with Crippen molar-refractivity contribution in [3.05, 3.63) is 0 Å². The Balaban J connectivity index is 2.60. The van der Waals surface area contributed by atoms with E-state index in [0.29, 0.717) is 12.5 Å². The second-order valence-corrected chi connectivity index (χ2v) is 6.07. The summed E-state index contributed by atoms with van der Waals surface area (Å²) in [6.07, 6.45) is 4.22. The molecule has 1 rings (SSSR count). The summed E-state index contributed by atoms with van der Waals surface area (Å²) >= 11 is 0. The van der Waals surface area contributed by atoms with Crippen molar-refractivity contribution in [2.45, 2.75) is 52.1 Å². The van der Waals surface area contributed by atoms with E-state index < -0.39 is 11.4 Å². The number of carboxylic acids is 1. The number of aliphatic carboxylic acids is 1. The lowest BCUT2D eigenvalue weighted by molar-refractivity contribution is -0.158. The molecule has 17 heavy (non-hydrogen) atoms. The molecule has 1 aliphatic rings. The van der Waals surface area contributed by atoms with Crippen LogP contribution >= 0.6 is 0 Å². The van der Waals surface area contributed by atoms with E-state index in [-0.39, 0.29) is 12.2 Å². The van der Waals surface area contributed by atoms with Gasteiger partial charge in [-0.25, -0.2) is 0 Å². The standard InChI is InChI=1S/C13H25NO3/c1-10-5-4-6-13(7-10,8-14)17-9-12(2,3)11(15)16/h10H,4-9,14H2,1-3H3,(H,15,16). The molecular weight excluding hydrogens is 218 g/mol. The van der Waals surface area contributed by atoms with Gasteiger partial charge >= 0.3 is 5.97 Å². The molecule has 0 radical (unpaired) electrons. The number of carbonyl (C=O) groups is 1. The van der Waals surface area contributed by atoms with Gasteiger partial charge in [-0.1, -0.05) is 19.8 Å². The van der Waals surface area contributed by atoms with Gasteiger partial charge in [0.1, 0.15) is 0 Å². The van der Waals surface area contributed by atoms with Crippen molar-refractivity contribution < 1.29 is 14.6 Å². The predicted molar refractivity (Wildman–Crippen MR) is 66.8 cm³/mol. The fourth-order valence-electron chi connectivity index (χ4n) is 2.38. The van der Waals surface area contributed by atoms with Gasteiger partial charge < -0.3 is 15.6 Å². The first-order valence-corrected chi connectivity index (χ1v) is 6.39. The van der Waals surface area contributed by atoms with Crippen LogP contribution in [0.2, 0.25) is 0 Å². The van der Waals surface area contributed by atoms with E-state index in [1.807, 2.05) is 0 Å². The fraction of sp³-hybridized carbons (Fsp3) is 0.923. The molecule has 3 N–H and O–H groups in total. The van der Waals surface area contributed by atoms with Crippen molar-refractivity contribution in [2.24, 2.45) is 17.1 Å². The van der Waals surface area contributed by atoms with Crippen molar-refractivity contribution in [2.75, 3.05) is 13.2 Å². The highest BCUT2D eigenvalue weighted by atomic mass is 16.5. The van der Waals surface area contributed by atoms with Crippen molar-refractivity contribution in [1.82, 2.24) is 0 Å². The van der Waals surface area contributed by atoms with Crippen LogP contribution in [0.5, 0.6) is 0 Å². The lowest BCUT2D eigenvalue weighted by Crippen LogP contribution is -2.47. The number of carboxylic acid groups (broad SMARTS) is 1. The number of hydrogen-bond acceptors (Lipinski definition) is 3. The molecule has 0 saturated heterocycles. The van der Waals surface area contributed by atoms with Crippen LogP contribution in [0.25, 0.3) is 0 Å². The van der Waals surface area contributed by atoms with Crippen LogP contribution in [-0.2, 0) is 9.53 Å². The Kier molecular flexibility index (Phi) is 4.55. The minimum absolute atomic E-state index is 0.228. The number of ether oxygens (including phenoxy) is 1. The van der Waals surface area contributed by atoms with Gasteiger partial charge in [-0.3, -0.25) is 4.79 Å². The molecule has 0 spiro atoms. The summed E-state index contributed by atoms with van der Waals surface area (Å²) in [4.78, 5) is 11.0. The zero-order valence-corrected chi connectivity index (χ0v) is 11.2. The SMILES string of the molecule is CC1CCCC(CN)(OCC(C)(C)C(=O)O)C1. The average Bonchev–Trinajstić information content (AvgIpc) is 2.26. The number of hydrogen-bond donors (Lipinski definition) is 2. The third-order valence-corrected chi connectivity index (χ3v) is 3.74. The van der Waals surface area contributed by atoms with E-state index in [1.165, 1.54) is 6.42 Å². The largest absolute Gasteiger partial charge is 0.481 e. The maximum absolute atomic E-state index is 11.0. The molecule has 100 valence electrons. The van der Waals surface area contributed by atoms with E-state index in [9.17, 15) is 4.79 Å². The highest BCUT2D eigenvalue weighted by molar-refractivity contribution is 5.73. The monoisotopic (exact) mass is 243 g/mol. The van der Waals surface area contributed by atoms with Crippen molar-refractivity contribution in [3.63, 3.8) is 0 Å². The lowest BCUT2D eigenvalue weighted by atomic mass is 9.78. The topological polar surface area (TPSA) is 72.5 Å². The molecule has 1 fully saturated rings. The first-order valence-electron chi connectivity index (χ1n) is 6.39. The zero-order chi connectivity index (χ0) is 13.1. The summed E-state index contributed by atoms with van der Waals surface area (Å²) in [5.74, 6) is -0.214. The van der Waals surface area contributed by atoms with Crippen molar-refractivity contribution in [3.8, 4) is 0 Å². The van der Waals surface area contributed by atoms with E-state index in [0.717, 1.165) is 19.3 Å². The number of nitrogens with two attached hydrogens (primary N) is 1. The highest BCUT2D eigenvalue weighted by Crippen LogP contribution is 2.35. The van der Waals surface area contributed by atoms with E-state index in [4.69, 9.17) is 15.6 Å². The van der Waals surface area contributed by atoms with E-state index in [2.05, 4.69) is 6.92 Å². The Hall–Kier alpha value is -0.610. The van der Waals surface area contributed by atoms with Crippen molar-refractivity contribution >= 4 is 5.97 Å². The zero-order valence-electron chi connectivity index (χ0n) is 11.2. The third-order valence-electron chi connectivity index (χ3n) is 3.74. The first-order chi connectivity index (χ1) is 7.81. The Morgan fingerprint density at radius 1 is 1.59 bits per heavy atom. The quantitative estimate of drug-likeness (QED) is 0.775. The second-order valence-electron chi connectivity index (χ2n) is 6.07. The summed E-state index contributed by atoms with van der Waals surface area (Å²) in [6, 6.07) is 0. The van der Waals surface area contributed by atoms with E-state index in [1.54, 1.807) is 13.8 Å². The summed E-state index contributed by atoms with van der Waals surface area (Å²) in [6.45, 7) is 6.28. The van der Waals surface area contributed by atoms with Crippen LogP contribution in [0.15, 0.2) is 0 Å². The van der Waals surface area contributed by atoms with Gasteiger partial charge in [0, 0.05) is 6.54 Å². The molecule has 2 unspecified atom stereocenters. The summed E-state index contributed by atoms with van der Waals surface area (Å²) < 4.78 is 5.91. The molecular formula is C13H25NO3. The van der Waals surface area contributed by atoms with Crippen LogP contribution in [-0.4, -0.2) is 29.8 Å². The molecule has 0 amide bonds. The average molecular weight is 243 g/mol. The lowest BCUT2D eigenvalue weighted by Gasteiger charge is -2.40. The molecule has 0 aromatic rings. The van der Waals surface area contributed by atoms with Crippen LogP contribution < -0.4 is 5.73 Å². The smallest absolute Gasteiger partial charge is 0.311 e. The van der Waals surface area contributed by atoms with Gasteiger partial charge in [0.05, 0.1) is 17.6 Å². The van der Waals surface area contributed by atoms with Crippen LogP contribution in [0.3, 0.4) is 0 Å². The van der Waals surface area contributed by atoms with Gasteiger partial charge in [-0.15, -0.1) is 0 Å². The minimum atomic E-state index is -0.844. The van der Waals surface area contributed by atoms with Crippen LogP contribution in [0.4, 0.5) is 0 Å². The van der Waals surface area contributed by atoms with Crippen LogP contribution in [0.1, 0.15) is 46.5 Å². The molecule has 2 atom stereocenters. The molecule has 1 saturated carbocycles. The minimum Gasteiger partial charge on any atom is -0.481 e. The van der Waals surface area contributed by atoms with Gasteiger partial charge in [-0.2, -0.15) is 0 Å². The Morgan fingerprint density at radius 2 is 2.24 bits per heavy atom. The molecule has 0 aromatic carbocycles. The Morgan fingerprint density at radius 3 is 2.71 bits per heavy atom. The van der Waals surface area contributed by atoms with E-state index >= 15 is 0 Å². The van der Waals surface area contributed by atoms with Gasteiger partial charge in [-0.05, 0) is 32.6 Å². The van der Waals surface area contributed by atoms with Crippen LogP contribution in [0, 0.1) is 11.3 Å². The Labute approximate surface area is 104 Å². The molecule has 4 heteroatoms. The summed E-state index contributed by atoms with van der Waals surface area (Å²) in [7, 11) is 0. The molecule has 0 aromatic heterocycles. The van der Waals surface area contributed by atoms with Crippen molar-refractivity contribution in [1.29, 1.82) is 0 Å². The Bertz CT molecular complexity index is 278. The maximum Gasteiger partial charge on any atom is 0.311 e. The highest BCUT2D eigenvalue weighted by Gasteiger charge is 2.38. The summed E-state index contributed by atoms with van der Waals surface area (Å²) in [5, 5.41) is 9.07. The molecule has 0 aliphatic heterocycles. The molecule has 0 heterocycles. The first kappa shape index (κ1) is 14.5. The number of rotatable bonds is 5.